The van der Waals surface area contributed by atoms with Crippen LogP contribution in [0, 0.1) is 0 Å². The van der Waals surface area contributed by atoms with Crippen molar-refractivity contribution in [2.24, 2.45) is 7.05 Å². The molecule has 88 valence electrons. The Morgan fingerprint density at radius 3 is 2.82 bits per heavy atom. The highest BCUT2D eigenvalue weighted by Crippen LogP contribution is 2.08. The summed E-state index contributed by atoms with van der Waals surface area (Å²) in [6.45, 7) is 0. The molecule has 0 radical (unpaired) electrons. The lowest BCUT2D eigenvalue weighted by atomic mass is 10.3. The zero-order valence-electron chi connectivity index (χ0n) is 8.75. The number of nitrogens with one attached hydrogen (secondary N) is 1. The van der Waals surface area contributed by atoms with Crippen molar-refractivity contribution in [3.05, 3.63) is 29.9 Å². The van der Waals surface area contributed by atoms with Crippen molar-refractivity contribution >= 4 is 17.6 Å². The van der Waals surface area contributed by atoms with Crippen molar-refractivity contribution < 1.29 is 19.2 Å². The van der Waals surface area contributed by atoms with Crippen LogP contribution in [0.5, 0.6) is 0 Å². The molecule has 8 heteroatoms. The van der Waals surface area contributed by atoms with Gasteiger partial charge in [0, 0.05) is 19.3 Å². The largest absolute Gasteiger partial charge is 0.475 e. The molecule has 17 heavy (non-hydrogen) atoms. The summed E-state index contributed by atoms with van der Waals surface area (Å²) in [5.74, 6) is -2.23. The number of anilines is 1. The van der Waals surface area contributed by atoms with Crippen LogP contribution in [-0.4, -0.2) is 31.9 Å². The number of carboxylic acids is 1. The normalized spacial score (nSPS) is 10.2. The van der Waals surface area contributed by atoms with Crippen molar-refractivity contribution in [1.82, 2.24) is 14.9 Å². The van der Waals surface area contributed by atoms with Gasteiger partial charge in [0.25, 0.3) is 5.91 Å². The predicted octanol–water partition coefficient (Wildman–Crippen LogP) is 0.359. The Labute approximate surface area is 94.8 Å². The molecule has 2 rings (SSSR count). The van der Waals surface area contributed by atoms with E-state index >= 15 is 0 Å². The lowest BCUT2D eigenvalue weighted by molar-refractivity contribution is 0.0651. The van der Waals surface area contributed by atoms with Gasteiger partial charge in [0.2, 0.25) is 5.76 Å². The average Bonchev–Trinajstić information content (AvgIpc) is 2.86. The minimum absolute atomic E-state index is 0.105. The molecule has 0 aromatic carbocycles. The maximum absolute atomic E-state index is 11.6. The van der Waals surface area contributed by atoms with Crippen LogP contribution >= 0.6 is 0 Å². The Kier molecular flexibility index (Phi) is 2.61. The Morgan fingerprint density at radius 2 is 2.29 bits per heavy atom. The molecule has 1 amide bonds. The molecule has 0 bridgehead atoms. The second-order valence-electron chi connectivity index (χ2n) is 3.24. The first kappa shape index (κ1) is 10.9. The molecule has 0 fully saturated rings. The van der Waals surface area contributed by atoms with Gasteiger partial charge in [-0.2, -0.15) is 5.10 Å². The first-order valence-electron chi connectivity index (χ1n) is 4.56. The SMILES string of the molecule is Cn1cc(NC(=O)c2cc(C(=O)O)on2)cn1. The summed E-state index contributed by atoms with van der Waals surface area (Å²) in [6.07, 6.45) is 3.05. The molecule has 8 nitrogen and oxygen atoms in total. The van der Waals surface area contributed by atoms with Gasteiger partial charge in [0.05, 0.1) is 11.9 Å². The number of carbonyl (C=O) groups excluding carboxylic acids is 1. The van der Waals surface area contributed by atoms with E-state index in [4.69, 9.17) is 5.11 Å². The fourth-order valence-corrected chi connectivity index (χ4v) is 1.16. The van der Waals surface area contributed by atoms with Gasteiger partial charge in [0.15, 0.2) is 5.69 Å². The minimum Gasteiger partial charge on any atom is -0.475 e. The van der Waals surface area contributed by atoms with E-state index in [0.717, 1.165) is 6.07 Å². The smallest absolute Gasteiger partial charge is 0.374 e. The molecule has 0 unspecified atom stereocenters. The number of carbonyl (C=O) groups is 2. The summed E-state index contributed by atoms with van der Waals surface area (Å²) < 4.78 is 5.97. The summed E-state index contributed by atoms with van der Waals surface area (Å²) >= 11 is 0. The van der Waals surface area contributed by atoms with Crippen LogP contribution in [0.15, 0.2) is 23.0 Å². The van der Waals surface area contributed by atoms with Crippen LogP contribution in [0.2, 0.25) is 0 Å². The molecule has 0 aliphatic rings. The standard InChI is InChI=1S/C9H8N4O4/c1-13-4-5(3-10-13)11-8(14)6-2-7(9(15)16)17-12-6/h2-4H,1H3,(H,11,14)(H,15,16). The van der Waals surface area contributed by atoms with Gasteiger partial charge in [-0.15, -0.1) is 0 Å². The molecule has 2 aromatic rings. The van der Waals surface area contributed by atoms with Gasteiger partial charge in [-0.3, -0.25) is 9.48 Å². The van der Waals surface area contributed by atoms with E-state index in [1.165, 1.54) is 10.9 Å². The monoisotopic (exact) mass is 236 g/mol. The highest BCUT2D eigenvalue weighted by Gasteiger charge is 2.16. The number of hydrogen-bond donors (Lipinski definition) is 2. The minimum atomic E-state index is -1.28. The summed E-state index contributed by atoms with van der Waals surface area (Å²) in [6, 6.07) is 1.05. The highest BCUT2D eigenvalue weighted by molar-refractivity contribution is 6.03. The Morgan fingerprint density at radius 1 is 1.53 bits per heavy atom. The zero-order chi connectivity index (χ0) is 12.4. The van der Waals surface area contributed by atoms with Crippen molar-refractivity contribution in [3.8, 4) is 0 Å². The van der Waals surface area contributed by atoms with Gasteiger partial charge < -0.3 is 14.9 Å². The first-order valence-corrected chi connectivity index (χ1v) is 4.56. The zero-order valence-corrected chi connectivity index (χ0v) is 8.75. The summed E-state index contributed by atoms with van der Waals surface area (Å²) in [5.41, 5.74) is 0.378. The van der Waals surface area contributed by atoms with E-state index in [1.807, 2.05) is 0 Å². The molecule has 2 aromatic heterocycles. The quantitative estimate of drug-likeness (QED) is 0.795. The molecule has 0 aliphatic heterocycles. The third-order valence-electron chi connectivity index (χ3n) is 1.92. The molecule has 0 aliphatic carbocycles. The van der Waals surface area contributed by atoms with Gasteiger partial charge >= 0.3 is 5.97 Å². The Hall–Kier alpha value is -2.64. The van der Waals surface area contributed by atoms with Gasteiger partial charge in [-0.25, -0.2) is 4.79 Å². The molecule has 2 N–H and O–H groups in total. The van der Waals surface area contributed by atoms with Crippen molar-refractivity contribution in [1.29, 1.82) is 0 Å². The van der Waals surface area contributed by atoms with Gasteiger partial charge in [0.1, 0.15) is 0 Å². The number of amides is 1. The molecular formula is C9H8N4O4. The summed E-state index contributed by atoms with van der Waals surface area (Å²) in [5, 5.41) is 18.3. The lowest BCUT2D eigenvalue weighted by Gasteiger charge is -1.96. The summed E-state index contributed by atoms with van der Waals surface area (Å²) in [4.78, 5) is 22.1. The molecular weight excluding hydrogens is 228 g/mol. The maximum atomic E-state index is 11.6. The van der Waals surface area contributed by atoms with Gasteiger partial charge in [-0.1, -0.05) is 5.16 Å². The van der Waals surface area contributed by atoms with E-state index in [9.17, 15) is 9.59 Å². The van der Waals surface area contributed by atoms with Crippen LogP contribution < -0.4 is 5.32 Å². The van der Waals surface area contributed by atoms with Crippen LogP contribution in [0.1, 0.15) is 21.0 Å². The number of aromatic carboxylic acids is 1. The average molecular weight is 236 g/mol. The van der Waals surface area contributed by atoms with Crippen molar-refractivity contribution in [2.45, 2.75) is 0 Å². The second kappa shape index (κ2) is 4.08. The third kappa shape index (κ3) is 2.30. The van der Waals surface area contributed by atoms with Crippen LogP contribution in [0.3, 0.4) is 0 Å². The van der Waals surface area contributed by atoms with E-state index in [-0.39, 0.29) is 11.5 Å². The Bertz CT molecular complexity index is 571. The van der Waals surface area contributed by atoms with E-state index < -0.39 is 11.9 Å². The van der Waals surface area contributed by atoms with E-state index in [0.29, 0.717) is 5.69 Å². The van der Waals surface area contributed by atoms with Crippen molar-refractivity contribution in [3.63, 3.8) is 0 Å². The van der Waals surface area contributed by atoms with Crippen molar-refractivity contribution in [2.75, 3.05) is 5.32 Å². The maximum Gasteiger partial charge on any atom is 0.374 e. The lowest BCUT2D eigenvalue weighted by Crippen LogP contribution is -2.11. The molecule has 2 heterocycles. The Balaban J connectivity index is 2.11. The predicted molar refractivity (Wildman–Crippen MR) is 54.6 cm³/mol. The molecule has 0 atom stereocenters. The van der Waals surface area contributed by atoms with Gasteiger partial charge in [-0.05, 0) is 0 Å². The van der Waals surface area contributed by atoms with Crippen LogP contribution in [-0.2, 0) is 7.05 Å². The third-order valence-corrected chi connectivity index (χ3v) is 1.92. The molecule has 0 saturated heterocycles. The fourth-order valence-electron chi connectivity index (χ4n) is 1.16. The number of hydrogen-bond acceptors (Lipinski definition) is 5. The number of aryl methyl sites for hydroxylation is 1. The number of rotatable bonds is 3. The summed E-state index contributed by atoms with van der Waals surface area (Å²) in [7, 11) is 1.70. The second-order valence-corrected chi connectivity index (χ2v) is 3.24. The molecule has 0 saturated carbocycles. The number of nitrogens with zero attached hydrogens (tertiary/aromatic N) is 3. The number of carboxylic acid groups (broad SMARTS) is 1. The van der Waals surface area contributed by atoms with E-state index in [2.05, 4.69) is 20.1 Å². The highest BCUT2D eigenvalue weighted by atomic mass is 16.5. The molecule has 0 spiro atoms. The topological polar surface area (TPSA) is 110 Å². The van der Waals surface area contributed by atoms with Crippen LogP contribution in [0.25, 0.3) is 0 Å². The van der Waals surface area contributed by atoms with Crippen LogP contribution in [0.4, 0.5) is 5.69 Å². The first-order chi connectivity index (χ1) is 8.06. The number of aromatic nitrogens is 3. The fraction of sp³-hybridized carbons (Fsp3) is 0.111. The van der Waals surface area contributed by atoms with E-state index in [1.54, 1.807) is 13.2 Å².